The molecule has 7 heteroatoms. The Bertz CT molecular complexity index is 525. The number of carbonyl (C=O) groups is 1. The minimum atomic E-state index is -0.680. The minimum Gasteiger partial charge on any atom is -0.328 e. The van der Waals surface area contributed by atoms with Gasteiger partial charge in [0.05, 0.1) is 11.5 Å². The number of nitrogens with zero attached hydrogens (tertiary/aromatic N) is 3. The van der Waals surface area contributed by atoms with Crippen LogP contribution in [0, 0.1) is 22.5 Å². The van der Waals surface area contributed by atoms with E-state index in [1.165, 1.54) is 11.0 Å². The first-order valence-electron chi connectivity index (χ1n) is 5.04. The van der Waals surface area contributed by atoms with Gasteiger partial charge in [-0.2, -0.15) is 0 Å². The Morgan fingerprint density at radius 2 is 2.39 bits per heavy atom. The van der Waals surface area contributed by atoms with Crippen molar-refractivity contribution < 1.29 is 9.72 Å². The van der Waals surface area contributed by atoms with Crippen LogP contribution in [0.25, 0.3) is 0 Å². The SMILES string of the molecule is C#CCN(CC)C(=O)c1cc(Cl)ncc1[N+](=O)[O-]. The van der Waals surface area contributed by atoms with Crippen LogP contribution in [0.15, 0.2) is 12.3 Å². The van der Waals surface area contributed by atoms with E-state index in [2.05, 4.69) is 10.9 Å². The molecule has 0 aliphatic heterocycles. The van der Waals surface area contributed by atoms with Gasteiger partial charge in [0.2, 0.25) is 0 Å². The predicted molar refractivity (Wildman–Crippen MR) is 66.3 cm³/mol. The maximum atomic E-state index is 12.1. The van der Waals surface area contributed by atoms with Crippen LogP contribution in [-0.4, -0.2) is 33.8 Å². The fourth-order valence-electron chi connectivity index (χ4n) is 1.35. The van der Waals surface area contributed by atoms with Gasteiger partial charge in [-0.1, -0.05) is 17.5 Å². The predicted octanol–water partition coefficient (Wildman–Crippen LogP) is 1.74. The fourth-order valence-corrected chi connectivity index (χ4v) is 1.51. The fraction of sp³-hybridized carbons (Fsp3) is 0.273. The third kappa shape index (κ3) is 2.96. The molecule has 1 aromatic heterocycles. The summed E-state index contributed by atoms with van der Waals surface area (Å²) in [7, 11) is 0. The summed E-state index contributed by atoms with van der Waals surface area (Å²) in [4.78, 5) is 27.1. The molecule has 0 aromatic carbocycles. The number of rotatable bonds is 4. The molecular weight excluding hydrogens is 258 g/mol. The Morgan fingerprint density at radius 3 is 2.89 bits per heavy atom. The highest BCUT2D eigenvalue weighted by Gasteiger charge is 2.24. The summed E-state index contributed by atoms with van der Waals surface area (Å²) in [5, 5.41) is 10.8. The van der Waals surface area contributed by atoms with Crippen LogP contribution >= 0.6 is 11.6 Å². The van der Waals surface area contributed by atoms with E-state index in [1.54, 1.807) is 6.92 Å². The largest absolute Gasteiger partial charge is 0.328 e. The molecule has 1 rings (SSSR count). The van der Waals surface area contributed by atoms with Crippen LogP contribution in [0.2, 0.25) is 5.15 Å². The molecule has 0 unspecified atom stereocenters. The number of hydrogen-bond donors (Lipinski definition) is 0. The van der Waals surface area contributed by atoms with Crippen molar-refractivity contribution in [1.29, 1.82) is 0 Å². The van der Waals surface area contributed by atoms with Crippen molar-refractivity contribution in [2.24, 2.45) is 0 Å². The molecule has 0 fully saturated rings. The zero-order valence-corrected chi connectivity index (χ0v) is 10.3. The highest BCUT2D eigenvalue weighted by molar-refractivity contribution is 6.29. The lowest BCUT2D eigenvalue weighted by atomic mass is 10.2. The van der Waals surface area contributed by atoms with Crippen LogP contribution in [0.5, 0.6) is 0 Å². The number of hydrogen-bond acceptors (Lipinski definition) is 4. The van der Waals surface area contributed by atoms with Gasteiger partial charge in [0.1, 0.15) is 16.9 Å². The number of carbonyl (C=O) groups excluding carboxylic acids is 1. The Balaban J connectivity index is 3.22. The molecule has 0 radical (unpaired) electrons. The molecule has 0 saturated heterocycles. The van der Waals surface area contributed by atoms with E-state index in [-0.39, 0.29) is 22.9 Å². The van der Waals surface area contributed by atoms with Crippen molar-refractivity contribution in [1.82, 2.24) is 9.88 Å². The Morgan fingerprint density at radius 1 is 1.72 bits per heavy atom. The lowest BCUT2D eigenvalue weighted by molar-refractivity contribution is -0.385. The van der Waals surface area contributed by atoms with Crippen LogP contribution in [0.4, 0.5) is 5.69 Å². The molecule has 0 aliphatic rings. The molecule has 1 aromatic rings. The second-order valence-corrected chi connectivity index (χ2v) is 3.69. The average Bonchev–Trinajstić information content (AvgIpc) is 2.34. The van der Waals surface area contributed by atoms with E-state index in [9.17, 15) is 14.9 Å². The number of pyridine rings is 1. The number of aromatic nitrogens is 1. The first-order valence-corrected chi connectivity index (χ1v) is 5.41. The topological polar surface area (TPSA) is 76.3 Å². The minimum absolute atomic E-state index is 0.0145. The summed E-state index contributed by atoms with van der Waals surface area (Å²) in [6.45, 7) is 2.15. The van der Waals surface area contributed by atoms with Crippen LogP contribution < -0.4 is 0 Å². The van der Waals surface area contributed by atoms with Gasteiger partial charge in [0.25, 0.3) is 11.6 Å². The summed E-state index contributed by atoms with van der Waals surface area (Å²) >= 11 is 5.65. The standard InChI is InChI=1S/C11H10ClN3O3/c1-3-5-14(4-2)11(16)8-6-10(12)13-7-9(8)15(17)18/h1,6-7H,4-5H2,2H3. The molecule has 0 N–H and O–H groups in total. The van der Waals surface area contributed by atoms with Gasteiger partial charge in [-0.3, -0.25) is 14.9 Å². The van der Waals surface area contributed by atoms with Gasteiger partial charge in [0, 0.05) is 6.54 Å². The van der Waals surface area contributed by atoms with Crippen molar-refractivity contribution in [3.63, 3.8) is 0 Å². The van der Waals surface area contributed by atoms with Gasteiger partial charge in [-0.15, -0.1) is 6.42 Å². The number of nitro groups is 1. The van der Waals surface area contributed by atoms with Gasteiger partial charge in [-0.25, -0.2) is 4.98 Å². The monoisotopic (exact) mass is 267 g/mol. The Hall–Kier alpha value is -2.13. The molecule has 1 amide bonds. The summed E-state index contributed by atoms with van der Waals surface area (Å²) in [5.74, 6) is 1.78. The lowest BCUT2D eigenvalue weighted by Gasteiger charge is -2.17. The summed E-state index contributed by atoms with van der Waals surface area (Å²) in [5.41, 5.74) is -0.503. The van der Waals surface area contributed by atoms with Crippen molar-refractivity contribution in [2.75, 3.05) is 13.1 Å². The first kappa shape index (κ1) is 13.9. The first-order chi connectivity index (χ1) is 8.51. The van der Waals surface area contributed by atoms with Gasteiger partial charge >= 0.3 is 0 Å². The van der Waals surface area contributed by atoms with Crippen LogP contribution in [0.3, 0.4) is 0 Å². The zero-order valence-electron chi connectivity index (χ0n) is 9.59. The maximum Gasteiger partial charge on any atom is 0.300 e. The van der Waals surface area contributed by atoms with Gasteiger partial charge in [-0.05, 0) is 13.0 Å². The van der Waals surface area contributed by atoms with E-state index >= 15 is 0 Å². The Labute approximate surface area is 109 Å². The summed E-state index contributed by atoms with van der Waals surface area (Å²) in [6.07, 6.45) is 6.09. The molecule has 0 atom stereocenters. The second-order valence-electron chi connectivity index (χ2n) is 3.30. The summed E-state index contributed by atoms with van der Waals surface area (Å²) in [6, 6.07) is 1.17. The quantitative estimate of drug-likeness (QED) is 0.360. The van der Waals surface area contributed by atoms with Gasteiger partial charge < -0.3 is 4.90 Å². The van der Waals surface area contributed by atoms with Crippen molar-refractivity contribution >= 4 is 23.2 Å². The molecule has 18 heavy (non-hydrogen) atoms. The van der Waals surface area contributed by atoms with Crippen molar-refractivity contribution in [3.05, 3.63) is 33.1 Å². The highest BCUT2D eigenvalue weighted by atomic mass is 35.5. The molecule has 0 saturated carbocycles. The van der Waals surface area contributed by atoms with E-state index in [4.69, 9.17) is 18.0 Å². The molecular formula is C11H10ClN3O3. The molecule has 0 aliphatic carbocycles. The normalized spacial score (nSPS) is 9.61. The third-order valence-corrected chi connectivity index (χ3v) is 2.43. The highest BCUT2D eigenvalue weighted by Crippen LogP contribution is 2.21. The van der Waals surface area contributed by atoms with Crippen LogP contribution in [-0.2, 0) is 0 Å². The second kappa shape index (κ2) is 5.98. The van der Waals surface area contributed by atoms with Crippen molar-refractivity contribution in [2.45, 2.75) is 6.92 Å². The van der Waals surface area contributed by atoms with E-state index < -0.39 is 10.8 Å². The molecule has 1 heterocycles. The van der Waals surface area contributed by atoms with Gasteiger partial charge in [0.15, 0.2) is 0 Å². The number of amides is 1. The maximum absolute atomic E-state index is 12.1. The molecule has 6 nitrogen and oxygen atoms in total. The zero-order chi connectivity index (χ0) is 13.7. The third-order valence-electron chi connectivity index (χ3n) is 2.23. The number of halogens is 1. The summed E-state index contributed by atoms with van der Waals surface area (Å²) < 4.78 is 0. The van der Waals surface area contributed by atoms with E-state index in [1.807, 2.05) is 0 Å². The van der Waals surface area contributed by atoms with Crippen molar-refractivity contribution in [3.8, 4) is 12.3 Å². The molecule has 0 spiro atoms. The smallest absolute Gasteiger partial charge is 0.300 e. The van der Waals surface area contributed by atoms with Crippen LogP contribution in [0.1, 0.15) is 17.3 Å². The Kier molecular flexibility index (Phi) is 4.63. The van der Waals surface area contributed by atoms with E-state index in [0.717, 1.165) is 6.20 Å². The number of terminal acetylenes is 1. The van der Waals surface area contributed by atoms with E-state index in [0.29, 0.717) is 6.54 Å². The lowest BCUT2D eigenvalue weighted by Crippen LogP contribution is -2.31. The molecule has 0 bridgehead atoms. The average molecular weight is 268 g/mol. The molecule has 94 valence electrons.